The van der Waals surface area contributed by atoms with Crippen molar-refractivity contribution in [1.29, 1.82) is 0 Å². The van der Waals surface area contributed by atoms with Crippen molar-refractivity contribution in [3.63, 3.8) is 0 Å². The second-order valence-electron chi connectivity index (χ2n) is 3.74. The molecule has 2 N–H and O–H groups in total. The summed E-state index contributed by atoms with van der Waals surface area (Å²) in [5, 5.41) is 0. The lowest BCUT2D eigenvalue weighted by Crippen LogP contribution is -2.39. The maximum atomic E-state index is 11.9. The normalized spacial score (nSPS) is 10.1. The third-order valence-corrected chi connectivity index (χ3v) is 2.49. The Morgan fingerprint density at radius 3 is 2.29 bits per heavy atom. The molecule has 6 heteroatoms. The van der Waals surface area contributed by atoms with Gasteiger partial charge in [0.25, 0.3) is 0 Å². The predicted molar refractivity (Wildman–Crippen MR) is 67.6 cm³/mol. The summed E-state index contributed by atoms with van der Waals surface area (Å²) in [6.07, 6.45) is 3.06. The summed E-state index contributed by atoms with van der Waals surface area (Å²) in [7, 11) is 1.78. The van der Waals surface area contributed by atoms with Crippen molar-refractivity contribution in [2.75, 3.05) is 37.3 Å². The highest BCUT2D eigenvalue weighted by Gasteiger charge is 2.13. The van der Waals surface area contributed by atoms with E-state index in [1.165, 1.54) is 12.4 Å². The van der Waals surface area contributed by atoms with Crippen LogP contribution < -0.4 is 10.6 Å². The van der Waals surface area contributed by atoms with Crippen molar-refractivity contribution >= 4 is 17.5 Å². The molecule has 0 aliphatic heterocycles. The molecular weight excluding hydrogens is 218 g/mol. The number of carbonyl (C=O) groups excluding carboxylic acids is 1. The molecular formula is C11H19N5O. The van der Waals surface area contributed by atoms with Crippen LogP contribution in [0.25, 0.3) is 0 Å². The van der Waals surface area contributed by atoms with Gasteiger partial charge in [-0.2, -0.15) is 0 Å². The minimum absolute atomic E-state index is 0.0675. The SMILES string of the molecule is CCN(CC)C(=O)CN(C)c1ncc(N)cn1. The Kier molecular flexibility index (Phi) is 4.68. The second-order valence-corrected chi connectivity index (χ2v) is 3.74. The number of hydrogen-bond acceptors (Lipinski definition) is 5. The van der Waals surface area contributed by atoms with E-state index in [1.54, 1.807) is 16.8 Å². The van der Waals surface area contributed by atoms with Gasteiger partial charge >= 0.3 is 0 Å². The number of nitrogens with two attached hydrogens (primary N) is 1. The zero-order valence-corrected chi connectivity index (χ0v) is 10.6. The monoisotopic (exact) mass is 237 g/mol. The van der Waals surface area contributed by atoms with E-state index < -0.39 is 0 Å². The summed E-state index contributed by atoms with van der Waals surface area (Å²) in [4.78, 5) is 23.5. The van der Waals surface area contributed by atoms with Crippen LogP contribution >= 0.6 is 0 Å². The van der Waals surface area contributed by atoms with Crippen LogP contribution in [0.3, 0.4) is 0 Å². The molecule has 0 aliphatic carbocycles. The highest BCUT2D eigenvalue weighted by Crippen LogP contribution is 2.06. The number of amides is 1. The van der Waals surface area contributed by atoms with E-state index in [0.29, 0.717) is 24.7 Å². The molecule has 94 valence electrons. The van der Waals surface area contributed by atoms with E-state index in [9.17, 15) is 4.79 Å². The predicted octanol–water partition coefficient (Wildman–Crippen LogP) is 0.363. The molecule has 0 radical (unpaired) electrons. The number of rotatable bonds is 5. The van der Waals surface area contributed by atoms with Crippen molar-refractivity contribution in [1.82, 2.24) is 14.9 Å². The second kappa shape index (κ2) is 6.03. The smallest absolute Gasteiger partial charge is 0.242 e. The standard InChI is InChI=1S/C11H19N5O/c1-4-16(5-2)10(17)8-15(3)11-13-6-9(12)7-14-11/h6-7H,4-5,8,12H2,1-3H3. The third kappa shape index (κ3) is 3.58. The molecule has 1 aromatic rings. The molecule has 0 saturated carbocycles. The van der Waals surface area contributed by atoms with Crippen LogP contribution in [0.15, 0.2) is 12.4 Å². The molecule has 0 spiro atoms. The number of hydrogen-bond donors (Lipinski definition) is 1. The number of carbonyl (C=O) groups is 1. The van der Waals surface area contributed by atoms with Crippen LogP contribution in [0.4, 0.5) is 11.6 Å². The molecule has 6 nitrogen and oxygen atoms in total. The number of aromatic nitrogens is 2. The Labute approximate surface area is 101 Å². The molecule has 0 fully saturated rings. The van der Waals surface area contributed by atoms with Crippen molar-refractivity contribution < 1.29 is 4.79 Å². The van der Waals surface area contributed by atoms with Crippen LogP contribution in [0.1, 0.15) is 13.8 Å². The van der Waals surface area contributed by atoms with Crippen molar-refractivity contribution in [2.24, 2.45) is 0 Å². The molecule has 1 rings (SSSR count). The van der Waals surface area contributed by atoms with Gasteiger partial charge in [0, 0.05) is 20.1 Å². The minimum Gasteiger partial charge on any atom is -0.396 e. The van der Waals surface area contributed by atoms with Gasteiger partial charge in [0.1, 0.15) is 0 Å². The summed E-state index contributed by atoms with van der Waals surface area (Å²) >= 11 is 0. The summed E-state index contributed by atoms with van der Waals surface area (Å²) in [5.41, 5.74) is 6.01. The molecule has 0 bridgehead atoms. The highest BCUT2D eigenvalue weighted by atomic mass is 16.2. The number of likely N-dealkylation sites (N-methyl/N-ethyl adjacent to an activating group) is 2. The summed E-state index contributed by atoms with van der Waals surface area (Å²) < 4.78 is 0. The molecule has 17 heavy (non-hydrogen) atoms. The van der Waals surface area contributed by atoms with Gasteiger partial charge in [-0.3, -0.25) is 4.79 Å². The summed E-state index contributed by atoms with van der Waals surface area (Å²) in [5.74, 6) is 0.567. The van der Waals surface area contributed by atoms with E-state index in [0.717, 1.165) is 0 Å². The van der Waals surface area contributed by atoms with Crippen molar-refractivity contribution in [3.05, 3.63) is 12.4 Å². The fourth-order valence-corrected chi connectivity index (χ4v) is 1.48. The van der Waals surface area contributed by atoms with E-state index >= 15 is 0 Å². The average molecular weight is 237 g/mol. The van der Waals surface area contributed by atoms with Crippen LogP contribution in [0.5, 0.6) is 0 Å². The Bertz CT molecular complexity index is 361. The summed E-state index contributed by atoms with van der Waals surface area (Å²) in [6.45, 7) is 5.62. The van der Waals surface area contributed by atoms with Crippen LogP contribution in [0, 0.1) is 0 Å². The van der Waals surface area contributed by atoms with Crippen LogP contribution in [-0.2, 0) is 4.79 Å². The van der Waals surface area contributed by atoms with Gasteiger partial charge in [-0.25, -0.2) is 9.97 Å². The van der Waals surface area contributed by atoms with Gasteiger partial charge < -0.3 is 15.5 Å². The van der Waals surface area contributed by atoms with Gasteiger partial charge in [0.15, 0.2) is 0 Å². The molecule has 1 aromatic heterocycles. The van der Waals surface area contributed by atoms with E-state index in [2.05, 4.69) is 9.97 Å². The lowest BCUT2D eigenvalue weighted by atomic mass is 10.4. The topological polar surface area (TPSA) is 75.4 Å². The first-order valence-electron chi connectivity index (χ1n) is 5.64. The van der Waals surface area contributed by atoms with Gasteiger partial charge in [0.2, 0.25) is 11.9 Å². The lowest BCUT2D eigenvalue weighted by Gasteiger charge is -2.23. The van der Waals surface area contributed by atoms with Gasteiger partial charge in [0.05, 0.1) is 24.6 Å². The first-order valence-corrected chi connectivity index (χ1v) is 5.64. The molecule has 1 heterocycles. The Morgan fingerprint density at radius 2 is 1.82 bits per heavy atom. The quantitative estimate of drug-likeness (QED) is 0.800. The minimum atomic E-state index is 0.0675. The fraction of sp³-hybridized carbons (Fsp3) is 0.545. The van der Waals surface area contributed by atoms with Gasteiger partial charge in [-0.1, -0.05) is 0 Å². The van der Waals surface area contributed by atoms with Gasteiger partial charge in [-0.15, -0.1) is 0 Å². The molecule has 1 amide bonds. The molecule has 0 aliphatic rings. The summed E-state index contributed by atoms with van der Waals surface area (Å²) in [6, 6.07) is 0. The average Bonchev–Trinajstić information content (AvgIpc) is 2.31. The zero-order valence-electron chi connectivity index (χ0n) is 10.6. The van der Waals surface area contributed by atoms with Crippen LogP contribution in [0.2, 0.25) is 0 Å². The third-order valence-electron chi connectivity index (χ3n) is 2.49. The molecule has 0 saturated heterocycles. The van der Waals surface area contributed by atoms with Gasteiger partial charge in [-0.05, 0) is 13.8 Å². The van der Waals surface area contributed by atoms with Crippen molar-refractivity contribution in [3.8, 4) is 0 Å². The van der Waals surface area contributed by atoms with Crippen molar-refractivity contribution in [2.45, 2.75) is 13.8 Å². The molecule has 0 atom stereocenters. The Balaban J connectivity index is 2.62. The molecule has 0 aromatic carbocycles. The van der Waals surface area contributed by atoms with E-state index in [-0.39, 0.29) is 12.5 Å². The largest absolute Gasteiger partial charge is 0.396 e. The fourth-order valence-electron chi connectivity index (χ4n) is 1.48. The maximum Gasteiger partial charge on any atom is 0.242 e. The first-order chi connectivity index (χ1) is 8.08. The number of nitrogen functional groups attached to an aromatic ring is 1. The molecule has 0 unspecified atom stereocenters. The number of anilines is 2. The van der Waals surface area contributed by atoms with E-state index in [4.69, 9.17) is 5.73 Å². The van der Waals surface area contributed by atoms with Crippen LogP contribution in [-0.4, -0.2) is 47.5 Å². The Morgan fingerprint density at radius 1 is 1.29 bits per heavy atom. The zero-order chi connectivity index (χ0) is 12.8. The first kappa shape index (κ1) is 13.2. The van der Waals surface area contributed by atoms with E-state index in [1.807, 2.05) is 13.8 Å². The number of nitrogens with zero attached hydrogens (tertiary/aromatic N) is 4. The Hall–Kier alpha value is -1.85. The lowest BCUT2D eigenvalue weighted by molar-refractivity contribution is -0.129. The maximum absolute atomic E-state index is 11.9. The highest BCUT2D eigenvalue weighted by molar-refractivity contribution is 5.80.